The standard InChI is InChI=1S/C30H32ClN5O/c1-19-7-8-20(16-24(19)32-2)25-26-23(31)9-12-33-28(26)34-27(25)21-5-4-6-22(15-21)29(37)36-13-10-30(11-14-36)17-35(3)18-30/h4-9,12,15-16,32H,10-11,13-14,17-18H2,1-3H3,(H,33,34). The summed E-state index contributed by atoms with van der Waals surface area (Å²) in [5, 5.41) is 4.81. The van der Waals surface area contributed by atoms with Crippen molar-refractivity contribution < 1.29 is 4.79 Å². The predicted molar refractivity (Wildman–Crippen MR) is 151 cm³/mol. The Morgan fingerprint density at radius 3 is 2.59 bits per heavy atom. The lowest BCUT2D eigenvalue weighted by Gasteiger charge is -2.52. The summed E-state index contributed by atoms with van der Waals surface area (Å²) in [4.78, 5) is 26.0. The van der Waals surface area contributed by atoms with Crippen LogP contribution in [0.2, 0.25) is 5.02 Å². The molecule has 2 fully saturated rings. The number of halogens is 1. The molecule has 0 bridgehead atoms. The van der Waals surface area contributed by atoms with E-state index < -0.39 is 0 Å². The monoisotopic (exact) mass is 513 g/mol. The quantitative estimate of drug-likeness (QED) is 0.348. The molecule has 4 aromatic rings. The van der Waals surface area contributed by atoms with Gasteiger partial charge >= 0.3 is 0 Å². The smallest absolute Gasteiger partial charge is 0.253 e. The Kier molecular flexibility index (Phi) is 5.97. The fourth-order valence-electron chi connectivity index (χ4n) is 6.22. The van der Waals surface area contributed by atoms with Crippen molar-refractivity contribution in [3.05, 3.63) is 70.9 Å². The summed E-state index contributed by atoms with van der Waals surface area (Å²) in [6.07, 6.45) is 3.88. The van der Waals surface area contributed by atoms with Crippen LogP contribution in [-0.2, 0) is 0 Å². The number of aryl methyl sites for hydroxylation is 1. The van der Waals surface area contributed by atoms with Crippen molar-refractivity contribution in [2.24, 2.45) is 5.41 Å². The number of carbonyl (C=O) groups excluding carboxylic acids is 1. The van der Waals surface area contributed by atoms with Crippen LogP contribution >= 0.6 is 11.6 Å². The first kappa shape index (κ1) is 24.0. The van der Waals surface area contributed by atoms with Crippen molar-refractivity contribution in [2.75, 3.05) is 45.6 Å². The zero-order chi connectivity index (χ0) is 25.7. The van der Waals surface area contributed by atoms with E-state index in [1.165, 1.54) is 5.56 Å². The van der Waals surface area contributed by atoms with E-state index in [9.17, 15) is 4.79 Å². The first-order chi connectivity index (χ1) is 17.9. The summed E-state index contributed by atoms with van der Waals surface area (Å²) in [5.41, 5.74) is 7.96. The molecule has 2 N–H and O–H groups in total. The highest BCUT2D eigenvalue weighted by Gasteiger charge is 2.43. The van der Waals surface area contributed by atoms with Gasteiger partial charge in [-0.25, -0.2) is 4.98 Å². The lowest BCUT2D eigenvalue weighted by molar-refractivity contribution is -0.0268. The molecule has 190 valence electrons. The van der Waals surface area contributed by atoms with Gasteiger partial charge in [-0.1, -0.05) is 35.9 Å². The minimum atomic E-state index is 0.103. The summed E-state index contributed by atoms with van der Waals surface area (Å²) in [5.74, 6) is 0.103. The highest BCUT2D eigenvalue weighted by molar-refractivity contribution is 6.36. The van der Waals surface area contributed by atoms with E-state index in [4.69, 9.17) is 11.6 Å². The molecule has 7 heteroatoms. The largest absolute Gasteiger partial charge is 0.388 e. The fourth-order valence-corrected chi connectivity index (χ4v) is 6.46. The number of rotatable bonds is 4. The first-order valence-corrected chi connectivity index (χ1v) is 13.3. The van der Waals surface area contributed by atoms with E-state index in [0.717, 1.165) is 78.1 Å². The molecule has 0 radical (unpaired) electrons. The van der Waals surface area contributed by atoms with Crippen molar-refractivity contribution in [1.82, 2.24) is 19.8 Å². The average molecular weight is 514 g/mol. The predicted octanol–water partition coefficient (Wildman–Crippen LogP) is 6.07. The number of aromatic nitrogens is 2. The van der Waals surface area contributed by atoms with E-state index >= 15 is 0 Å². The van der Waals surface area contributed by atoms with Crippen LogP contribution in [0, 0.1) is 12.3 Å². The van der Waals surface area contributed by atoms with Gasteiger partial charge in [-0.15, -0.1) is 0 Å². The number of nitrogens with one attached hydrogen (secondary N) is 2. The van der Waals surface area contributed by atoms with Crippen molar-refractivity contribution >= 4 is 34.2 Å². The second-order valence-electron chi connectivity index (χ2n) is 10.7. The van der Waals surface area contributed by atoms with Crippen LogP contribution < -0.4 is 5.32 Å². The number of anilines is 1. The molecule has 1 spiro atoms. The normalized spacial score (nSPS) is 17.2. The van der Waals surface area contributed by atoms with E-state index in [1.54, 1.807) is 6.20 Å². The Labute approximate surface area is 222 Å². The van der Waals surface area contributed by atoms with E-state index in [1.807, 2.05) is 42.3 Å². The van der Waals surface area contributed by atoms with E-state index in [-0.39, 0.29) is 5.91 Å². The number of hydrogen-bond acceptors (Lipinski definition) is 4. The third-order valence-electron chi connectivity index (χ3n) is 8.16. The SMILES string of the molecule is CNc1cc(-c2c(-c3cccc(C(=O)N4CCC5(CC4)CN(C)C5)c3)[nH]c3nccc(Cl)c23)ccc1C. The van der Waals surface area contributed by atoms with Crippen molar-refractivity contribution in [3.63, 3.8) is 0 Å². The summed E-state index contributed by atoms with van der Waals surface area (Å²) in [7, 11) is 4.10. The minimum absolute atomic E-state index is 0.103. The lowest BCUT2D eigenvalue weighted by Crippen LogP contribution is -2.59. The van der Waals surface area contributed by atoms with Crippen molar-refractivity contribution in [2.45, 2.75) is 19.8 Å². The van der Waals surface area contributed by atoms with Crippen LogP contribution in [0.4, 0.5) is 5.69 Å². The van der Waals surface area contributed by atoms with Gasteiger partial charge in [-0.2, -0.15) is 0 Å². The van der Waals surface area contributed by atoms with Gasteiger partial charge < -0.3 is 20.1 Å². The fraction of sp³-hybridized carbons (Fsp3) is 0.333. The van der Waals surface area contributed by atoms with Gasteiger partial charge in [0.15, 0.2) is 0 Å². The Balaban J connectivity index is 1.38. The van der Waals surface area contributed by atoms with Crippen LogP contribution in [-0.4, -0.2) is 65.9 Å². The molecule has 1 amide bonds. The van der Waals surface area contributed by atoms with E-state index in [2.05, 4.69) is 52.4 Å². The molecule has 2 aliphatic rings. The van der Waals surface area contributed by atoms with Gasteiger partial charge in [0.05, 0.1) is 10.7 Å². The Bertz CT molecular complexity index is 1490. The topological polar surface area (TPSA) is 64.3 Å². The molecule has 0 atom stereocenters. The number of likely N-dealkylation sites (tertiary alicyclic amines) is 2. The van der Waals surface area contributed by atoms with Crippen LogP contribution in [0.5, 0.6) is 0 Å². The van der Waals surface area contributed by atoms with Gasteiger partial charge in [0.25, 0.3) is 5.91 Å². The summed E-state index contributed by atoms with van der Waals surface area (Å²) >= 11 is 6.71. The highest BCUT2D eigenvalue weighted by Crippen LogP contribution is 2.42. The maximum Gasteiger partial charge on any atom is 0.253 e. The number of aromatic amines is 1. The van der Waals surface area contributed by atoms with Gasteiger partial charge in [0, 0.05) is 61.6 Å². The van der Waals surface area contributed by atoms with E-state index in [0.29, 0.717) is 16.0 Å². The maximum absolute atomic E-state index is 13.5. The second-order valence-corrected chi connectivity index (χ2v) is 11.1. The molecule has 2 aliphatic heterocycles. The summed E-state index contributed by atoms with van der Waals surface area (Å²) in [6.45, 7) is 6.03. The molecule has 6 nitrogen and oxygen atoms in total. The number of amides is 1. The molecule has 2 saturated heterocycles. The zero-order valence-electron chi connectivity index (χ0n) is 21.6. The molecule has 0 saturated carbocycles. The molecule has 0 unspecified atom stereocenters. The number of carbonyl (C=O) groups is 1. The van der Waals surface area contributed by atoms with Gasteiger partial charge in [0.1, 0.15) is 5.65 Å². The molecule has 4 heterocycles. The Hall–Kier alpha value is -3.35. The van der Waals surface area contributed by atoms with Crippen LogP contribution in [0.15, 0.2) is 54.7 Å². The lowest BCUT2D eigenvalue weighted by atomic mass is 9.72. The minimum Gasteiger partial charge on any atom is -0.388 e. The number of nitrogens with zero attached hydrogens (tertiary/aromatic N) is 3. The Morgan fingerprint density at radius 1 is 1.08 bits per heavy atom. The maximum atomic E-state index is 13.5. The number of pyridine rings is 1. The zero-order valence-corrected chi connectivity index (χ0v) is 22.3. The number of hydrogen-bond donors (Lipinski definition) is 2. The molecule has 2 aromatic heterocycles. The first-order valence-electron chi connectivity index (χ1n) is 12.9. The Morgan fingerprint density at radius 2 is 1.86 bits per heavy atom. The highest BCUT2D eigenvalue weighted by atomic mass is 35.5. The number of piperidine rings is 1. The van der Waals surface area contributed by atoms with Gasteiger partial charge in [-0.3, -0.25) is 4.79 Å². The van der Waals surface area contributed by atoms with Crippen LogP contribution in [0.3, 0.4) is 0 Å². The van der Waals surface area contributed by atoms with Gasteiger partial charge in [0.2, 0.25) is 0 Å². The molecule has 0 aliphatic carbocycles. The average Bonchev–Trinajstić information content (AvgIpc) is 3.29. The molecule has 37 heavy (non-hydrogen) atoms. The third-order valence-corrected chi connectivity index (χ3v) is 8.47. The second kappa shape index (κ2) is 9.19. The van der Waals surface area contributed by atoms with Crippen molar-refractivity contribution in [1.29, 1.82) is 0 Å². The van der Waals surface area contributed by atoms with Gasteiger partial charge in [-0.05, 0) is 73.2 Å². The number of benzene rings is 2. The van der Waals surface area contributed by atoms with Crippen LogP contribution in [0.1, 0.15) is 28.8 Å². The van der Waals surface area contributed by atoms with Crippen molar-refractivity contribution in [3.8, 4) is 22.4 Å². The number of H-pyrrole nitrogens is 1. The molecular weight excluding hydrogens is 482 g/mol. The summed E-state index contributed by atoms with van der Waals surface area (Å²) in [6, 6.07) is 16.1. The van der Waals surface area contributed by atoms with Crippen LogP contribution in [0.25, 0.3) is 33.4 Å². The molecule has 6 rings (SSSR count). The molecule has 2 aromatic carbocycles. The summed E-state index contributed by atoms with van der Waals surface area (Å²) < 4.78 is 0. The molecular formula is C30H32ClN5O. The third kappa shape index (κ3) is 4.18. The number of fused-ring (bicyclic) bond motifs is 1.